The first-order chi connectivity index (χ1) is 10.3. The molecule has 2 aliphatic rings. The minimum atomic E-state index is 0. The summed E-state index contributed by atoms with van der Waals surface area (Å²) in [6.45, 7) is 15.4. The van der Waals surface area contributed by atoms with Gasteiger partial charge in [-0.25, -0.2) is 0 Å². The topological polar surface area (TPSA) is 3.24 Å². The van der Waals surface area contributed by atoms with Gasteiger partial charge in [-0.3, -0.25) is 0 Å². The van der Waals surface area contributed by atoms with Gasteiger partial charge in [0.05, 0.1) is 0 Å². The number of benzene rings is 1. The first-order valence-electron chi connectivity index (χ1n) is 8.33. The number of hydrogen-bond donors (Lipinski definition) is 0. The lowest BCUT2D eigenvalue weighted by molar-refractivity contribution is 0.109. The molecule has 0 atom stereocenters. The van der Waals surface area contributed by atoms with Crippen LogP contribution in [0.4, 0.5) is 0 Å². The molecule has 1 saturated heterocycles. The molecule has 0 radical (unpaired) electrons. The molecular formula is C20H34NPS. The molecule has 3 heteroatoms. The third-order valence-electron chi connectivity index (χ3n) is 5.21. The van der Waals surface area contributed by atoms with Crippen LogP contribution in [0.3, 0.4) is 0 Å². The molecule has 1 nitrogen and oxygen atoms in total. The van der Waals surface area contributed by atoms with Crippen molar-refractivity contribution in [3.63, 3.8) is 0 Å². The predicted octanol–water partition coefficient (Wildman–Crippen LogP) is 5.47. The molecule has 0 saturated carbocycles. The van der Waals surface area contributed by atoms with Crippen molar-refractivity contribution >= 4 is 19.8 Å². The van der Waals surface area contributed by atoms with E-state index in [4.69, 9.17) is 0 Å². The number of piperidine rings is 1. The monoisotopic (exact) mass is 351 g/mol. The van der Waals surface area contributed by atoms with Gasteiger partial charge < -0.3 is 4.90 Å². The maximum absolute atomic E-state index is 3.89. The molecule has 1 aliphatic carbocycles. The minimum Gasteiger partial charge on any atom is -0.303 e. The second kappa shape index (κ2) is 7.72. The second-order valence-corrected chi connectivity index (χ2v) is 8.40. The highest BCUT2D eigenvalue weighted by Gasteiger charge is 2.45. The number of nitrogens with zero attached hydrogens (tertiary/aromatic N) is 1. The Morgan fingerprint density at radius 1 is 1.13 bits per heavy atom. The van der Waals surface area contributed by atoms with E-state index in [0.717, 1.165) is 0 Å². The molecule has 1 fully saturated rings. The average molecular weight is 352 g/mol. The van der Waals surface area contributed by atoms with Crippen molar-refractivity contribution < 1.29 is 0 Å². The lowest BCUT2D eigenvalue weighted by Gasteiger charge is -2.51. The Morgan fingerprint density at radius 2 is 1.70 bits per heavy atom. The van der Waals surface area contributed by atoms with Crippen LogP contribution in [0.5, 0.6) is 0 Å². The van der Waals surface area contributed by atoms with Crippen molar-refractivity contribution in [3.8, 4) is 0 Å². The molecular weight excluding hydrogens is 317 g/mol. The third kappa shape index (κ3) is 4.41. The summed E-state index contributed by atoms with van der Waals surface area (Å²) in [6.07, 6.45) is 4.05. The SMILES string of the molecule is C.Cc1cc(C)c2c(c1)C1(CCN(CC(C)(C)C)CC1)C2.P=S. The zero-order valence-electron chi connectivity index (χ0n) is 14.8. The highest BCUT2D eigenvalue weighted by Crippen LogP contribution is 2.49. The fourth-order valence-electron chi connectivity index (χ4n) is 4.29. The van der Waals surface area contributed by atoms with Gasteiger partial charge in [0.25, 0.3) is 0 Å². The van der Waals surface area contributed by atoms with Gasteiger partial charge in [-0.1, -0.05) is 57.7 Å². The lowest BCUT2D eigenvalue weighted by Crippen LogP contribution is -2.50. The maximum atomic E-state index is 3.89. The van der Waals surface area contributed by atoms with Crippen LogP contribution in [0.25, 0.3) is 0 Å². The summed E-state index contributed by atoms with van der Waals surface area (Å²) in [5.74, 6) is 0. The Labute approximate surface area is 151 Å². The summed E-state index contributed by atoms with van der Waals surface area (Å²) in [5.41, 5.74) is 7.25. The van der Waals surface area contributed by atoms with Gasteiger partial charge in [0.1, 0.15) is 0 Å². The van der Waals surface area contributed by atoms with E-state index in [2.05, 4.69) is 71.5 Å². The van der Waals surface area contributed by atoms with E-state index in [9.17, 15) is 0 Å². The molecule has 1 heterocycles. The third-order valence-corrected chi connectivity index (χ3v) is 5.21. The van der Waals surface area contributed by atoms with Crippen molar-refractivity contribution in [1.82, 2.24) is 4.90 Å². The van der Waals surface area contributed by atoms with Gasteiger partial charge in [-0.05, 0) is 76.3 Å². The van der Waals surface area contributed by atoms with Crippen LogP contribution in [0.15, 0.2) is 12.1 Å². The smallest absolute Gasteiger partial charge is 0.00301 e. The summed E-state index contributed by atoms with van der Waals surface area (Å²) in [4.78, 5) is 2.67. The quantitative estimate of drug-likeness (QED) is 0.618. The lowest BCUT2D eigenvalue weighted by atomic mass is 9.58. The number of aryl methyl sites for hydroxylation is 2. The Hall–Kier alpha value is -0.300. The van der Waals surface area contributed by atoms with E-state index in [-0.39, 0.29) is 7.43 Å². The number of likely N-dealkylation sites (tertiary alicyclic amines) is 1. The van der Waals surface area contributed by atoms with Crippen LogP contribution in [-0.4, -0.2) is 24.5 Å². The van der Waals surface area contributed by atoms with E-state index < -0.39 is 0 Å². The van der Waals surface area contributed by atoms with E-state index >= 15 is 0 Å². The zero-order valence-corrected chi connectivity index (χ0v) is 16.6. The van der Waals surface area contributed by atoms with E-state index in [0.29, 0.717) is 10.8 Å². The minimum absolute atomic E-state index is 0. The van der Waals surface area contributed by atoms with E-state index in [1.54, 1.807) is 11.1 Å². The molecule has 0 amide bonds. The van der Waals surface area contributed by atoms with E-state index in [1.807, 2.05) is 0 Å². The van der Waals surface area contributed by atoms with Crippen LogP contribution in [-0.2, 0) is 23.6 Å². The van der Waals surface area contributed by atoms with Gasteiger partial charge >= 0.3 is 0 Å². The Bertz CT molecular complexity index is 539. The zero-order chi connectivity index (χ0) is 16.5. The first-order valence-corrected chi connectivity index (χ1v) is 9.96. The van der Waals surface area contributed by atoms with Crippen molar-refractivity contribution in [2.75, 3.05) is 19.6 Å². The molecule has 130 valence electrons. The summed E-state index contributed by atoms with van der Waals surface area (Å²) < 4.78 is 0. The van der Waals surface area contributed by atoms with Crippen molar-refractivity contribution in [2.24, 2.45) is 5.41 Å². The molecule has 1 aliphatic heterocycles. The molecule has 23 heavy (non-hydrogen) atoms. The Balaban J connectivity index is 0.000000849. The molecule has 0 unspecified atom stereocenters. The summed E-state index contributed by atoms with van der Waals surface area (Å²) >= 11 is 3.89. The van der Waals surface area contributed by atoms with Gasteiger partial charge in [-0.15, -0.1) is 0 Å². The summed E-state index contributed by atoms with van der Waals surface area (Å²) in [5, 5.41) is 0. The molecule has 0 bridgehead atoms. The fourth-order valence-corrected chi connectivity index (χ4v) is 4.29. The van der Waals surface area contributed by atoms with E-state index in [1.165, 1.54) is 50.0 Å². The number of hydrogen-bond acceptors (Lipinski definition) is 2. The second-order valence-electron chi connectivity index (χ2n) is 8.40. The van der Waals surface area contributed by atoms with Gasteiger partial charge in [0, 0.05) is 12.0 Å². The molecule has 3 rings (SSSR count). The Kier molecular flexibility index (Phi) is 6.96. The van der Waals surface area contributed by atoms with Crippen molar-refractivity contribution in [2.45, 2.75) is 66.7 Å². The van der Waals surface area contributed by atoms with Crippen LogP contribution in [0.2, 0.25) is 0 Å². The highest BCUT2D eigenvalue weighted by atomic mass is 32.4. The van der Waals surface area contributed by atoms with Crippen LogP contribution in [0, 0.1) is 19.3 Å². The highest BCUT2D eigenvalue weighted by molar-refractivity contribution is 7.88. The maximum Gasteiger partial charge on any atom is 0.00301 e. The van der Waals surface area contributed by atoms with Crippen LogP contribution in [0.1, 0.15) is 63.3 Å². The van der Waals surface area contributed by atoms with Gasteiger partial charge in [0.15, 0.2) is 0 Å². The van der Waals surface area contributed by atoms with Gasteiger partial charge in [-0.2, -0.15) is 0 Å². The van der Waals surface area contributed by atoms with Crippen molar-refractivity contribution in [3.05, 3.63) is 34.4 Å². The van der Waals surface area contributed by atoms with Crippen LogP contribution < -0.4 is 0 Å². The fraction of sp³-hybridized carbons (Fsp3) is 0.700. The van der Waals surface area contributed by atoms with Crippen LogP contribution >= 0.6 is 8.02 Å². The molecule has 1 aromatic rings. The first kappa shape index (κ1) is 20.7. The molecule has 0 N–H and O–H groups in total. The number of rotatable bonds is 1. The molecule has 0 aromatic heterocycles. The van der Waals surface area contributed by atoms with Gasteiger partial charge in [0.2, 0.25) is 0 Å². The average Bonchev–Trinajstić information content (AvgIpc) is 2.43. The molecule has 1 spiro atoms. The Morgan fingerprint density at radius 3 is 2.22 bits per heavy atom. The standard InChI is InChI=1S/C19H29N.CH4.HPS/c1-14-10-15(2)16-12-19(17(16)11-14)6-8-20(9-7-19)13-18(3,4)5;;1-2/h10-11H,6-9,12-13H2,1-5H3;1H4;1H. The van der Waals surface area contributed by atoms with Crippen molar-refractivity contribution in [1.29, 1.82) is 0 Å². The summed E-state index contributed by atoms with van der Waals surface area (Å²) in [6, 6.07) is 4.81. The normalized spacial score (nSPS) is 19.0. The largest absolute Gasteiger partial charge is 0.303 e. The molecule has 1 aromatic carbocycles. The number of fused-ring (bicyclic) bond motifs is 2. The predicted molar refractivity (Wildman–Crippen MR) is 109 cm³/mol. The summed E-state index contributed by atoms with van der Waals surface area (Å²) in [7, 11) is 2.56.